The minimum atomic E-state index is -1.09. The van der Waals surface area contributed by atoms with Gasteiger partial charge in [-0.2, -0.15) is 5.26 Å². The van der Waals surface area contributed by atoms with E-state index in [4.69, 9.17) is 21.6 Å². The number of nitriles is 1. The Hall–Kier alpha value is -3.41. The van der Waals surface area contributed by atoms with Gasteiger partial charge in [-0.1, -0.05) is 48.0 Å². The lowest BCUT2D eigenvalue weighted by Gasteiger charge is -2.25. The van der Waals surface area contributed by atoms with Gasteiger partial charge in [0.15, 0.2) is 6.10 Å². The van der Waals surface area contributed by atoms with Gasteiger partial charge in [0.05, 0.1) is 17.5 Å². The zero-order valence-corrected chi connectivity index (χ0v) is 18.8. The van der Waals surface area contributed by atoms with Crippen LogP contribution in [0.3, 0.4) is 0 Å². The van der Waals surface area contributed by atoms with Gasteiger partial charge in [0, 0.05) is 22.3 Å². The number of hydrogen-bond acceptors (Lipinski definition) is 6. The minimum absolute atomic E-state index is 0.132. The molecule has 164 valence electrons. The summed E-state index contributed by atoms with van der Waals surface area (Å²) in [5.41, 5.74) is 0.600. The number of nitrogens with one attached hydrogen (secondary N) is 1. The van der Waals surface area contributed by atoms with Crippen LogP contribution in [-0.4, -0.2) is 37.0 Å². The zero-order chi connectivity index (χ0) is 23.1. The first-order valence-corrected chi connectivity index (χ1v) is 11.0. The van der Waals surface area contributed by atoms with Gasteiger partial charge in [0.2, 0.25) is 0 Å². The molecule has 0 saturated heterocycles. The number of amides is 2. The largest absolute Gasteiger partial charge is 0.451 e. The van der Waals surface area contributed by atoms with Crippen LogP contribution in [0.4, 0.5) is 5.69 Å². The molecule has 0 aliphatic heterocycles. The van der Waals surface area contributed by atoms with Crippen molar-refractivity contribution in [3.8, 4) is 6.07 Å². The number of benzene rings is 2. The van der Waals surface area contributed by atoms with Crippen LogP contribution in [0.25, 0.3) is 10.1 Å². The number of carbonyl (C=O) groups is 3. The Morgan fingerprint density at radius 3 is 2.53 bits per heavy atom. The smallest absolute Gasteiger partial charge is 0.326 e. The van der Waals surface area contributed by atoms with Crippen LogP contribution < -0.4 is 10.2 Å². The Morgan fingerprint density at radius 1 is 1.16 bits per heavy atom. The molecule has 32 heavy (non-hydrogen) atoms. The predicted molar refractivity (Wildman–Crippen MR) is 124 cm³/mol. The van der Waals surface area contributed by atoms with Gasteiger partial charge in [0.25, 0.3) is 11.8 Å². The fourth-order valence-corrected chi connectivity index (χ4v) is 4.47. The summed E-state index contributed by atoms with van der Waals surface area (Å²) < 4.78 is 6.08. The number of carbonyl (C=O) groups excluding carboxylic acids is 3. The number of hydrogen-bond donors (Lipinski definition) is 1. The topological polar surface area (TPSA) is 99.5 Å². The average molecular weight is 470 g/mol. The van der Waals surface area contributed by atoms with Crippen molar-refractivity contribution in [2.75, 3.05) is 18.0 Å². The van der Waals surface area contributed by atoms with Gasteiger partial charge >= 0.3 is 5.97 Å². The second-order valence-corrected chi connectivity index (χ2v) is 8.22. The molecule has 0 radical (unpaired) electrons. The van der Waals surface area contributed by atoms with Gasteiger partial charge in [-0.15, -0.1) is 11.3 Å². The lowest BCUT2D eigenvalue weighted by molar-refractivity contribution is -0.152. The highest BCUT2D eigenvalue weighted by molar-refractivity contribution is 7.21. The quantitative estimate of drug-likeness (QED) is 0.499. The normalized spacial score (nSPS) is 11.4. The molecular weight excluding hydrogens is 450 g/mol. The van der Waals surface area contributed by atoms with Crippen molar-refractivity contribution in [1.29, 1.82) is 5.26 Å². The number of esters is 1. The molecule has 0 aliphatic rings. The third kappa shape index (κ3) is 5.44. The van der Waals surface area contributed by atoms with E-state index < -0.39 is 30.4 Å². The Balaban J connectivity index is 1.59. The molecule has 1 heterocycles. The third-order valence-electron chi connectivity index (χ3n) is 4.57. The van der Waals surface area contributed by atoms with Crippen LogP contribution >= 0.6 is 22.9 Å². The maximum atomic E-state index is 12.8. The molecule has 1 N–H and O–H groups in total. The second-order valence-electron chi connectivity index (χ2n) is 6.79. The average Bonchev–Trinajstić information content (AvgIpc) is 3.15. The molecule has 3 aromatic rings. The van der Waals surface area contributed by atoms with Crippen LogP contribution in [0.5, 0.6) is 0 Å². The molecule has 1 unspecified atom stereocenters. The van der Waals surface area contributed by atoms with E-state index >= 15 is 0 Å². The number of thiophene rings is 1. The molecule has 0 bridgehead atoms. The van der Waals surface area contributed by atoms with Crippen molar-refractivity contribution in [3.63, 3.8) is 0 Å². The second kappa shape index (κ2) is 10.8. The van der Waals surface area contributed by atoms with Gasteiger partial charge in [-0.25, -0.2) is 0 Å². The van der Waals surface area contributed by atoms with E-state index in [2.05, 4.69) is 5.32 Å². The molecule has 0 fully saturated rings. The van der Waals surface area contributed by atoms with Crippen molar-refractivity contribution in [3.05, 3.63) is 64.5 Å². The third-order valence-corrected chi connectivity index (χ3v) is 6.25. The van der Waals surface area contributed by atoms with Crippen LogP contribution in [0.1, 0.15) is 23.0 Å². The van der Waals surface area contributed by atoms with Gasteiger partial charge in [-0.3, -0.25) is 14.4 Å². The van der Waals surface area contributed by atoms with Gasteiger partial charge < -0.3 is 15.0 Å². The van der Waals surface area contributed by atoms with Crippen molar-refractivity contribution in [1.82, 2.24) is 5.32 Å². The summed E-state index contributed by atoms with van der Waals surface area (Å²) in [6, 6.07) is 18.2. The first-order chi connectivity index (χ1) is 15.4. The number of nitrogens with zero attached hydrogens (tertiary/aromatic N) is 2. The van der Waals surface area contributed by atoms with E-state index in [1.54, 1.807) is 24.3 Å². The van der Waals surface area contributed by atoms with E-state index in [1.165, 1.54) is 23.2 Å². The Morgan fingerprint density at radius 2 is 1.84 bits per heavy atom. The monoisotopic (exact) mass is 469 g/mol. The molecule has 9 heteroatoms. The van der Waals surface area contributed by atoms with Crippen LogP contribution in [0.2, 0.25) is 5.02 Å². The summed E-state index contributed by atoms with van der Waals surface area (Å²) in [6.45, 7) is 1.21. The number of anilines is 1. The Bertz CT molecular complexity index is 1170. The highest BCUT2D eigenvalue weighted by atomic mass is 35.5. The van der Waals surface area contributed by atoms with Crippen LogP contribution in [-0.2, 0) is 14.3 Å². The first kappa shape index (κ1) is 23.3. The van der Waals surface area contributed by atoms with E-state index in [0.717, 1.165) is 10.1 Å². The van der Waals surface area contributed by atoms with E-state index in [1.807, 2.05) is 36.4 Å². The molecule has 7 nitrogen and oxygen atoms in total. The highest BCUT2D eigenvalue weighted by Crippen LogP contribution is 2.34. The molecule has 3 rings (SSSR count). The Kier molecular flexibility index (Phi) is 7.82. The maximum absolute atomic E-state index is 12.8. The van der Waals surface area contributed by atoms with Crippen molar-refractivity contribution in [2.45, 2.75) is 19.4 Å². The molecule has 1 aromatic heterocycles. The molecule has 0 spiro atoms. The highest BCUT2D eigenvalue weighted by Gasteiger charge is 2.25. The number of para-hydroxylation sites is 1. The lowest BCUT2D eigenvalue weighted by atomic mass is 10.2. The number of rotatable bonds is 8. The zero-order valence-electron chi connectivity index (χ0n) is 17.2. The number of halogens is 1. The molecular formula is C23H20ClN3O4S. The van der Waals surface area contributed by atoms with E-state index in [0.29, 0.717) is 15.6 Å². The SMILES string of the molecule is CC(OC(=O)CNC(=O)c1sc2ccccc2c1Cl)C(=O)N(CCC#N)c1ccccc1. The molecule has 2 aromatic carbocycles. The number of fused-ring (bicyclic) bond motifs is 1. The van der Waals surface area contributed by atoms with Gasteiger partial charge in [0.1, 0.15) is 11.4 Å². The maximum Gasteiger partial charge on any atom is 0.326 e. The minimum Gasteiger partial charge on any atom is -0.451 e. The Labute approximate surface area is 194 Å². The molecule has 0 saturated carbocycles. The summed E-state index contributed by atoms with van der Waals surface area (Å²) in [7, 11) is 0. The number of ether oxygens (including phenoxy) is 1. The fraction of sp³-hybridized carbons (Fsp3) is 0.217. The summed E-state index contributed by atoms with van der Waals surface area (Å²) in [4.78, 5) is 39.2. The summed E-state index contributed by atoms with van der Waals surface area (Å²) in [6.07, 6.45) is -0.959. The van der Waals surface area contributed by atoms with E-state index in [-0.39, 0.29) is 13.0 Å². The van der Waals surface area contributed by atoms with Crippen LogP contribution in [0.15, 0.2) is 54.6 Å². The lowest BCUT2D eigenvalue weighted by Crippen LogP contribution is -2.42. The standard InChI is InChI=1S/C23H20ClN3O4S/c1-15(23(30)27(13-7-12-25)16-8-3-2-4-9-16)31-19(28)14-26-22(29)21-20(24)17-10-5-6-11-18(17)32-21/h2-6,8-11,15H,7,13-14H2,1H3,(H,26,29). The molecule has 2 amide bonds. The van der Waals surface area contributed by atoms with E-state index in [9.17, 15) is 14.4 Å². The fourth-order valence-electron chi connectivity index (χ4n) is 3.04. The van der Waals surface area contributed by atoms with Gasteiger partial charge in [-0.05, 0) is 25.1 Å². The first-order valence-electron chi connectivity index (χ1n) is 9.80. The van der Waals surface area contributed by atoms with Crippen molar-refractivity contribution >= 4 is 56.5 Å². The van der Waals surface area contributed by atoms with Crippen molar-refractivity contribution in [2.24, 2.45) is 0 Å². The predicted octanol–water partition coefficient (Wildman–Crippen LogP) is 4.16. The summed E-state index contributed by atoms with van der Waals surface area (Å²) in [5, 5.41) is 12.5. The van der Waals surface area contributed by atoms with Crippen LogP contribution in [0, 0.1) is 11.3 Å². The molecule has 0 aliphatic carbocycles. The summed E-state index contributed by atoms with van der Waals surface area (Å²) >= 11 is 7.52. The summed E-state index contributed by atoms with van der Waals surface area (Å²) in [5.74, 6) is -1.71. The molecule has 1 atom stereocenters. The van der Waals surface area contributed by atoms with Crippen molar-refractivity contribution < 1.29 is 19.1 Å².